The average molecular weight is 279 g/mol. The molecule has 1 amide bonds. The molecule has 0 aromatic heterocycles. The molecular weight excluding hydrogens is 252 g/mol. The van der Waals surface area contributed by atoms with Gasteiger partial charge in [0.1, 0.15) is 0 Å². The summed E-state index contributed by atoms with van der Waals surface area (Å²) >= 11 is 0. The quantitative estimate of drug-likeness (QED) is 0.807. The Hall–Kier alpha value is -0.320. The number of piperidine rings is 1. The van der Waals surface area contributed by atoms with Crippen molar-refractivity contribution in [3.8, 4) is 0 Å². The Bertz CT molecular complexity index is 253. The van der Waals surface area contributed by atoms with Gasteiger partial charge in [0.05, 0.1) is 11.6 Å². The summed E-state index contributed by atoms with van der Waals surface area (Å²) in [7, 11) is 1.71. The van der Waals surface area contributed by atoms with Crippen LogP contribution in [0.25, 0.3) is 0 Å². The van der Waals surface area contributed by atoms with E-state index in [2.05, 4.69) is 10.6 Å². The molecule has 2 atom stereocenters. The van der Waals surface area contributed by atoms with Crippen LogP contribution >= 0.6 is 12.4 Å². The van der Waals surface area contributed by atoms with Crippen molar-refractivity contribution in [1.29, 1.82) is 0 Å². The van der Waals surface area contributed by atoms with Gasteiger partial charge in [-0.3, -0.25) is 4.79 Å². The van der Waals surface area contributed by atoms with Gasteiger partial charge in [-0.2, -0.15) is 0 Å². The Balaban J connectivity index is 0.00000289. The summed E-state index contributed by atoms with van der Waals surface area (Å²) in [6.45, 7) is 7.06. The molecule has 0 aromatic rings. The highest BCUT2D eigenvalue weighted by molar-refractivity contribution is 5.85. The molecule has 2 unspecified atom stereocenters. The van der Waals surface area contributed by atoms with Crippen LogP contribution in [0, 0.1) is 0 Å². The van der Waals surface area contributed by atoms with Crippen molar-refractivity contribution in [2.45, 2.75) is 64.1 Å². The molecule has 0 aliphatic carbocycles. The molecule has 108 valence electrons. The number of carbonyl (C=O) groups excluding carboxylic acids is 1. The van der Waals surface area contributed by atoms with Crippen LogP contribution in [0.2, 0.25) is 0 Å². The average Bonchev–Trinajstić information content (AvgIpc) is 2.29. The zero-order valence-corrected chi connectivity index (χ0v) is 12.7. The first-order valence-electron chi connectivity index (χ1n) is 6.53. The first-order valence-corrected chi connectivity index (χ1v) is 6.53. The molecule has 0 saturated carbocycles. The number of ether oxygens (including phenoxy) is 1. The third kappa shape index (κ3) is 6.03. The standard InChI is InChI=1S/C13H26N2O2.ClH/c1-10(9-13(2,3)17-4)15-12(16)11-7-5-6-8-14-11;/h10-11,14H,5-9H2,1-4H3,(H,15,16);1H. The topological polar surface area (TPSA) is 50.4 Å². The molecule has 1 aliphatic heterocycles. The molecule has 1 rings (SSSR count). The van der Waals surface area contributed by atoms with Crippen LogP contribution in [0.5, 0.6) is 0 Å². The lowest BCUT2D eigenvalue weighted by atomic mass is 9.99. The number of nitrogens with one attached hydrogen (secondary N) is 2. The minimum Gasteiger partial charge on any atom is -0.379 e. The minimum atomic E-state index is -0.188. The maximum Gasteiger partial charge on any atom is 0.237 e. The van der Waals surface area contributed by atoms with Crippen molar-refractivity contribution >= 4 is 18.3 Å². The van der Waals surface area contributed by atoms with Crippen LogP contribution in [0.3, 0.4) is 0 Å². The zero-order valence-electron chi connectivity index (χ0n) is 11.9. The van der Waals surface area contributed by atoms with Crippen molar-refractivity contribution in [2.75, 3.05) is 13.7 Å². The van der Waals surface area contributed by atoms with Gasteiger partial charge < -0.3 is 15.4 Å². The van der Waals surface area contributed by atoms with E-state index in [1.165, 1.54) is 6.42 Å². The van der Waals surface area contributed by atoms with Gasteiger partial charge in [0.15, 0.2) is 0 Å². The van der Waals surface area contributed by atoms with Crippen LogP contribution < -0.4 is 10.6 Å². The number of hydrogen-bond acceptors (Lipinski definition) is 3. The molecule has 1 fully saturated rings. The highest BCUT2D eigenvalue weighted by Crippen LogP contribution is 2.15. The summed E-state index contributed by atoms with van der Waals surface area (Å²) < 4.78 is 5.37. The Labute approximate surface area is 117 Å². The summed E-state index contributed by atoms with van der Waals surface area (Å²) in [5.41, 5.74) is -0.188. The van der Waals surface area contributed by atoms with Crippen LogP contribution in [-0.2, 0) is 9.53 Å². The van der Waals surface area contributed by atoms with Gasteiger partial charge in [-0.05, 0) is 46.6 Å². The van der Waals surface area contributed by atoms with E-state index in [0.29, 0.717) is 0 Å². The number of methoxy groups -OCH3 is 1. The number of rotatable bonds is 5. The van der Waals surface area contributed by atoms with E-state index in [1.807, 2.05) is 20.8 Å². The fourth-order valence-electron chi connectivity index (χ4n) is 2.29. The molecule has 0 radical (unpaired) electrons. The van der Waals surface area contributed by atoms with Crippen LogP contribution in [0.4, 0.5) is 0 Å². The van der Waals surface area contributed by atoms with Crippen LogP contribution in [0.15, 0.2) is 0 Å². The van der Waals surface area contributed by atoms with Crippen molar-refractivity contribution in [2.24, 2.45) is 0 Å². The second-order valence-electron chi connectivity index (χ2n) is 5.58. The Morgan fingerprint density at radius 2 is 2.17 bits per heavy atom. The normalized spacial score (nSPS) is 21.9. The van der Waals surface area contributed by atoms with E-state index < -0.39 is 0 Å². The molecule has 0 aromatic carbocycles. The summed E-state index contributed by atoms with van der Waals surface area (Å²) in [6.07, 6.45) is 4.09. The largest absolute Gasteiger partial charge is 0.379 e. The molecule has 2 N–H and O–H groups in total. The van der Waals surface area contributed by atoms with Gasteiger partial charge in [0.2, 0.25) is 5.91 Å². The Morgan fingerprint density at radius 3 is 2.67 bits per heavy atom. The number of halogens is 1. The maximum absolute atomic E-state index is 12.0. The predicted octanol–water partition coefficient (Wildman–Crippen LogP) is 1.87. The fourth-order valence-corrected chi connectivity index (χ4v) is 2.29. The Kier molecular flexibility index (Phi) is 7.83. The summed E-state index contributed by atoms with van der Waals surface area (Å²) in [6, 6.07) is 0.137. The highest BCUT2D eigenvalue weighted by atomic mass is 35.5. The van der Waals surface area contributed by atoms with Crippen LogP contribution in [0.1, 0.15) is 46.5 Å². The van der Waals surface area contributed by atoms with Crippen molar-refractivity contribution in [1.82, 2.24) is 10.6 Å². The minimum absolute atomic E-state index is 0. The first kappa shape index (κ1) is 17.7. The lowest BCUT2D eigenvalue weighted by molar-refractivity contribution is -0.124. The summed E-state index contributed by atoms with van der Waals surface area (Å²) in [4.78, 5) is 12.0. The molecule has 0 bridgehead atoms. The number of amides is 1. The Morgan fingerprint density at radius 1 is 1.50 bits per heavy atom. The lowest BCUT2D eigenvalue weighted by Gasteiger charge is -2.29. The van der Waals surface area contributed by atoms with Gasteiger partial charge in [-0.25, -0.2) is 0 Å². The molecule has 1 heterocycles. The number of carbonyl (C=O) groups is 1. The second-order valence-corrected chi connectivity index (χ2v) is 5.58. The van der Waals surface area contributed by atoms with E-state index in [-0.39, 0.29) is 36.0 Å². The molecule has 0 spiro atoms. The molecule has 18 heavy (non-hydrogen) atoms. The van der Waals surface area contributed by atoms with Gasteiger partial charge in [0.25, 0.3) is 0 Å². The van der Waals surface area contributed by atoms with Crippen molar-refractivity contribution < 1.29 is 9.53 Å². The zero-order chi connectivity index (χ0) is 12.9. The molecule has 5 heteroatoms. The van der Waals surface area contributed by atoms with Crippen LogP contribution in [-0.4, -0.2) is 37.2 Å². The third-order valence-electron chi connectivity index (χ3n) is 3.37. The monoisotopic (exact) mass is 278 g/mol. The molecule has 4 nitrogen and oxygen atoms in total. The maximum atomic E-state index is 12.0. The smallest absolute Gasteiger partial charge is 0.237 e. The molecule has 1 saturated heterocycles. The van der Waals surface area contributed by atoms with Gasteiger partial charge in [0, 0.05) is 13.2 Å². The fraction of sp³-hybridized carbons (Fsp3) is 0.923. The predicted molar refractivity (Wildman–Crippen MR) is 76.2 cm³/mol. The number of hydrogen-bond donors (Lipinski definition) is 2. The van der Waals surface area contributed by atoms with Gasteiger partial charge >= 0.3 is 0 Å². The van der Waals surface area contributed by atoms with Crippen molar-refractivity contribution in [3.63, 3.8) is 0 Å². The second kappa shape index (κ2) is 7.97. The first-order chi connectivity index (χ1) is 7.94. The van der Waals surface area contributed by atoms with E-state index in [1.54, 1.807) is 7.11 Å². The van der Waals surface area contributed by atoms with E-state index in [4.69, 9.17) is 4.74 Å². The van der Waals surface area contributed by atoms with E-state index in [9.17, 15) is 4.79 Å². The summed E-state index contributed by atoms with van der Waals surface area (Å²) in [5, 5.41) is 6.32. The van der Waals surface area contributed by atoms with E-state index in [0.717, 1.165) is 25.8 Å². The SMILES string of the molecule is COC(C)(C)CC(C)NC(=O)C1CCCCN1.Cl. The summed E-state index contributed by atoms with van der Waals surface area (Å²) in [5.74, 6) is 0.129. The van der Waals surface area contributed by atoms with Gasteiger partial charge in [-0.15, -0.1) is 12.4 Å². The van der Waals surface area contributed by atoms with E-state index >= 15 is 0 Å². The lowest BCUT2D eigenvalue weighted by Crippen LogP contribution is -2.50. The van der Waals surface area contributed by atoms with Crippen molar-refractivity contribution in [3.05, 3.63) is 0 Å². The third-order valence-corrected chi connectivity index (χ3v) is 3.37. The molecule has 1 aliphatic rings. The molecular formula is C13H27ClN2O2. The highest BCUT2D eigenvalue weighted by Gasteiger charge is 2.25. The van der Waals surface area contributed by atoms with Gasteiger partial charge in [-0.1, -0.05) is 6.42 Å².